The Kier molecular flexibility index (Phi) is 6.69. The molecular formula is C20H15BrFIN2O3S. The first-order valence-corrected chi connectivity index (χ1v) is 10.6. The minimum absolute atomic E-state index is 0.0275. The van der Waals surface area contributed by atoms with Gasteiger partial charge in [-0.1, -0.05) is 12.1 Å². The van der Waals surface area contributed by atoms with Gasteiger partial charge in [-0.2, -0.15) is 0 Å². The molecule has 0 bridgehead atoms. The van der Waals surface area contributed by atoms with Crippen molar-refractivity contribution in [2.24, 2.45) is 0 Å². The predicted molar refractivity (Wildman–Crippen MR) is 124 cm³/mol. The van der Waals surface area contributed by atoms with E-state index in [4.69, 9.17) is 17.0 Å². The average Bonchev–Trinajstić information content (AvgIpc) is 2.67. The third-order valence-electron chi connectivity index (χ3n) is 4.25. The predicted octanol–water partition coefficient (Wildman–Crippen LogP) is 4.37. The molecule has 1 fully saturated rings. The number of amides is 2. The number of ether oxygens (including phenoxy) is 1. The number of halogens is 3. The summed E-state index contributed by atoms with van der Waals surface area (Å²) in [7, 11) is 3.06. The number of benzene rings is 2. The fourth-order valence-electron chi connectivity index (χ4n) is 2.72. The number of hydrogen-bond donors (Lipinski definition) is 0. The van der Waals surface area contributed by atoms with Crippen LogP contribution in [0.15, 0.2) is 46.4 Å². The van der Waals surface area contributed by atoms with Gasteiger partial charge in [0.05, 0.1) is 8.04 Å². The second kappa shape index (κ2) is 8.88. The van der Waals surface area contributed by atoms with E-state index in [9.17, 15) is 14.0 Å². The molecule has 0 atom stereocenters. The highest BCUT2D eigenvalue weighted by Crippen LogP contribution is 2.33. The van der Waals surface area contributed by atoms with Gasteiger partial charge in [0.2, 0.25) is 0 Å². The molecule has 0 spiro atoms. The van der Waals surface area contributed by atoms with Crippen molar-refractivity contribution in [3.8, 4) is 5.75 Å². The molecule has 29 heavy (non-hydrogen) atoms. The van der Waals surface area contributed by atoms with E-state index in [1.807, 2.05) is 0 Å². The van der Waals surface area contributed by atoms with E-state index in [1.165, 1.54) is 42.1 Å². The summed E-state index contributed by atoms with van der Waals surface area (Å²) in [6.07, 6.45) is 1.53. The van der Waals surface area contributed by atoms with Crippen LogP contribution in [0.3, 0.4) is 0 Å². The Balaban J connectivity index is 1.87. The van der Waals surface area contributed by atoms with Gasteiger partial charge in [0.1, 0.15) is 23.7 Å². The second-order valence-corrected chi connectivity index (χ2v) is 8.68. The van der Waals surface area contributed by atoms with Crippen molar-refractivity contribution in [2.45, 2.75) is 6.61 Å². The molecular weight excluding hydrogens is 574 g/mol. The van der Waals surface area contributed by atoms with Gasteiger partial charge in [0.15, 0.2) is 5.11 Å². The molecule has 150 valence electrons. The molecule has 0 aliphatic carbocycles. The third-order valence-corrected chi connectivity index (χ3v) is 6.19. The lowest BCUT2D eigenvalue weighted by Gasteiger charge is -2.31. The van der Waals surface area contributed by atoms with E-state index in [-0.39, 0.29) is 23.1 Å². The summed E-state index contributed by atoms with van der Waals surface area (Å²) in [6, 6.07) is 9.75. The Morgan fingerprint density at radius 1 is 1.17 bits per heavy atom. The molecule has 5 nitrogen and oxygen atoms in total. The third kappa shape index (κ3) is 4.67. The molecule has 2 aromatic rings. The van der Waals surface area contributed by atoms with E-state index in [2.05, 4.69) is 38.5 Å². The Morgan fingerprint density at radius 2 is 1.83 bits per heavy atom. The van der Waals surface area contributed by atoms with Gasteiger partial charge >= 0.3 is 0 Å². The first-order chi connectivity index (χ1) is 13.7. The maximum Gasteiger partial charge on any atom is 0.265 e. The van der Waals surface area contributed by atoms with Crippen LogP contribution in [0.1, 0.15) is 11.1 Å². The van der Waals surface area contributed by atoms with Crippen LogP contribution in [0.4, 0.5) is 4.39 Å². The zero-order valence-electron chi connectivity index (χ0n) is 15.4. The summed E-state index contributed by atoms with van der Waals surface area (Å²) in [4.78, 5) is 27.5. The highest BCUT2D eigenvalue weighted by molar-refractivity contribution is 14.1. The number of nitrogens with zero attached hydrogens (tertiary/aromatic N) is 2. The zero-order chi connectivity index (χ0) is 21.3. The number of rotatable bonds is 4. The lowest BCUT2D eigenvalue weighted by molar-refractivity contribution is -0.132. The molecule has 0 radical (unpaired) electrons. The van der Waals surface area contributed by atoms with Gasteiger partial charge in [-0.3, -0.25) is 19.4 Å². The van der Waals surface area contributed by atoms with Crippen molar-refractivity contribution in [1.29, 1.82) is 0 Å². The van der Waals surface area contributed by atoms with Crippen molar-refractivity contribution in [3.63, 3.8) is 0 Å². The van der Waals surface area contributed by atoms with Crippen LogP contribution in [0.2, 0.25) is 0 Å². The summed E-state index contributed by atoms with van der Waals surface area (Å²) in [5.41, 5.74) is 1.39. The molecule has 9 heteroatoms. The standard InChI is InChI=1S/C20H15BrFIN2O3S/c1-24-18(26)14(19(27)25(2)20(24)29)7-12-8-15(21)17(16(23)9-12)28-10-11-4-3-5-13(22)6-11/h3-9H,10H2,1-2H3. The Hall–Kier alpha value is -1.85. The molecule has 1 aliphatic rings. The van der Waals surface area contributed by atoms with Crippen molar-refractivity contribution >= 4 is 73.7 Å². The lowest BCUT2D eigenvalue weighted by atomic mass is 10.1. The second-order valence-electron chi connectivity index (χ2n) is 6.30. The first-order valence-electron chi connectivity index (χ1n) is 8.37. The summed E-state index contributed by atoms with van der Waals surface area (Å²) < 4.78 is 20.6. The molecule has 0 unspecified atom stereocenters. The highest BCUT2D eigenvalue weighted by Gasteiger charge is 2.35. The smallest absolute Gasteiger partial charge is 0.265 e. The summed E-state index contributed by atoms with van der Waals surface area (Å²) in [5.74, 6) is -0.627. The van der Waals surface area contributed by atoms with E-state index in [1.54, 1.807) is 24.3 Å². The summed E-state index contributed by atoms with van der Waals surface area (Å²) in [5, 5.41) is 0.161. The minimum Gasteiger partial charge on any atom is -0.487 e. The van der Waals surface area contributed by atoms with Gasteiger partial charge in [-0.05, 0) is 92.2 Å². The topological polar surface area (TPSA) is 49.9 Å². The molecule has 0 aromatic heterocycles. The molecule has 1 saturated heterocycles. The maximum absolute atomic E-state index is 13.3. The summed E-state index contributed by atoms with van der Waals surface area (Å²) in [6.45, 7) is 0.205. The fourth-order valence-corrected chi connectivity index (χ4v) is 4.66. The van der Waals surface area contributed by atoms with E-state index in [0.29, 0.717) is 21.3 Å². The van der Waals surface area contributed by atoms with Gasteiger partial charge in [-0.25, -0.2) is 4.39 Å². The van der Waals surface area contributed by atoms with E-state index in [0.717, 1.165) is 3.57 Å². The molecule has 0 saturated carbocycles. The monoisotopic (exact) mass is 588 g/mol. The van der Waals surface area contributed by atoms with Gasteiger partial charge in [0.25, 0.3) is 11.8 Å². The van der Waals surface area contributed by atoms with Crippen LogP contribution in [-0.4, -0.2) is 40.8 Å². The fraction of sp³-hybridized carbons (Fsp3) is 0.150. The number of likely N-dealkylation sites (N-methyl/N-ethyl adjacent to an activating group) is 2. The number of thiocarbonyl (C=S) groups is 1. The van der Waals surface area contributed by atoms with Crippen LogP contribution in [0.5, 0.6) is 5.75 Å². The van der Waals surface area contributed by atoms with Crippen LogP contribution < -0.4 is 4.74 Å². The number of carbonyl (C=O) groups is 2. The van der Waals surface area contributed by atoms with Gasteiger partial charge < -0.3 is 4.74 Å². The zero-order valence-corrected chi connectivity index (χ0v) is 20.0. The quantitative estimate of drug-likeness (QED) is 0.230. The van der Waals surface area contributed by atoms with Crippen molar-refractivity contribution < 1.29 is 18.7 Å². The SMILES string of the molecule is CN1C(=O)C(=Cc2cc(Br)c(OCc3cccc(F)c3)c(I)c2)C(=O)N(C)C1=S. The number of hydrogen-bond acceptors (Lipinski definition) is 4. The Morgan fingerprint density at radius 3 is 2.41 bits per heavy atom. The van der Waals surface area contributed by atoms with Crippen LogP contribution in [-0.2, 0) is 16.2 Å². The largest absolute Gasteiger partial charge is 0.487 e. The number of carbonyl (C=O) groups excluding carboxylic acids is 2. The molecule has 1 aliphatic heterocycles. The van der Waals surface area contributed by atoms with E-state index < -0.39 is 11.8 Å². The Labute approximate surface area is 194 Å². The normalized spacial score (nSPS) is 14.5. The first kappa shape index (κ1) is 21.8. The molecule has 0 N–H and O–H groups in total. The van der Waals surface area contributed by atoms with Crippen LogP contribution >= 0.6 is 50.7 Å². The highest BCUT2D eigenvalue weighted by atomic mass is 127. The molecule has 2 amide bonds. The lowest BCUT2D eigenvalue weighted by Crippen LogP contribution is -2.52. The molecule has 2 aromatic carbocycles. The van der Waals surface area contributed by atoms with Crippen LogP contribution in [0, 0.1) is 9.39 Å². The minimum atomic E-state index is -0.448. The molecule has 3 rings (SSSR count). The molecule has 1 heterocycles. The Bertz CT molecular complexity index is 1010. The van der Waals surface area contributed by atoms with Crippen molar-refractivity contribution in [3.05, 3.63) is 67.0 Å². The van der Waals surface area contributed by atoms with Crippen molar-refractivity contribution in [1.82, 2.24) is 9.80 Å². The van der Waals surface area contributed by atoms with Crippen molar-refractivity contribution in [2.75, 3.05) is 14.1 Å². The van der Waals surface area contributed by atoms with E-state index >= 15 is 0 Å². The van der Waals surface area contributed by atoms with Gasteiger partial charge in [-0.15, -0.1) is 0 Å². The van der Waals surface area contributed by atoms with Crippen LogP contribution in [0.25, 0.3) is 6.08 Å². The summed E-state index contributed by atoms with van der Waals surface area (Å²) >= 11 is 10.7. The average molecular weight is 589 g/mol. The van der Waals surface area contributed by atoms with Gasteiger partial charge in [0, 0.05) is 14.1 Å². The maximum atomic E-state index is 13.3.